The number of hydrogen-bond acceptors (Lipinski definition) is 2. The zero-order valence-corrected chi connectivity index (χ0v) is 14.0. The van der Waals surface area contributed by atoms with Crippen molar-refractivity contribution in [2.24, 2.45) is 0 Å². The molecule has 0 spiro atoms. The first-order valence-electron chi connectivity index (χ1n) is 8.45. The van der Waals surface area contributed by atoms with E-state index in [1.807, 2.05) is 54.6 Å². The van der Waals surface area contributed by atoms with Crippen molar-refractivity contribution in [1.29, 1.82) is 0 Å². The Bertz CT molecular complexity index is 904. The number of benzene rings is 2. The van der Waals surface area contributed by atoms with Gasteiger partial charge in [0.25, 0.3) is 0 Å². The second-order valence-corrected chi connectivity index (χ2v) is 6.03. The lowest BCUT2D eigenvalue weighted by atomic mass is 9.99. The first-order chi connectivity index (χ1) is 11.7. The summed E-state index contributed by atoms with van der Waals surface area (Å²) in [6.07, 6.45) is 4.87. The van der Waals surface area contributed by atoms with Gasteiger partial charge in [0.15, 0.2) is 5.43 Å². The van der Waals surface area contributed by atoms with Crippen LogP contribution < -0.4 is 5.43 Å². The maximum absolute atomic E-state index is 13.1. The van der Waals surface area contributed by atoms with Crippen molar-refractivity contribution in [2.75, 3.05) is 0 Å². The zero-order chi connectivity index (χ0) is 16.9. The first-order valence-corrected chi connectivity index (χ1v) is 8.45. The molecule has 0 amide bonds. The minimum absolute atomic E-state index is 0.0921. The number of hydrogen-bond donors (Lipinski definition) is 0. The fourth-order valence-electron chi connectivity index (χ4n) is 3.08. The van der Waals surface area contributed by atoms with E-state index >= 15 is 0 Å². The van der Waals surface area contributed by atoms with Crippen molar-refractivity contribution >= 4 is 11.0 Å². The largest absolute Gasteiger partial charge is 0.460 e. The molecule has 24 heavy (non-hydrogen) atoms. The van der Waals surface area contributed by atoms with Gasteiger partial charge in [0.05, 0.1) is 5.39 Å². The average Bonchev–Trinajstić information content (AvgIpc) is 2.60. The van der Waals surface area contributed by atoms with Gasteiger partial charge in [-0.05, 0) is 30.0 Å². The van der Waals surface area contributed by atoms with Gasteiger partial charge in [-0.3, -0.25) is 4.79 Å². The predicted octanol–water partition coefficient (Wildman–Crippen LogP) is 5.06. The Morgan fingerprint density at radius 1 is 1.08 bits per heavy atom. The van der Waals surface area contributed by atoms with Crippen LogP contribution in [0.1, 0.15) is 35.8 Å². The van der Waals surface area contributed by atoms with Crippen LogP contribution in [0.4, 0.5) is 0 Å². The lowest BCUT2D eigenvalue weighted by Gasteiger charge is -2.11. The van der Waals surface area contributed by atoms with E-state index in [9.17, 15) is 4.79 Å². The van der Waals surface area contributed by atoms with E-state index in [1.54, 1.807) is 0 Å². The third-order valence-electron chi connectivity index (χ3n) is 4.24. The number of rotatable bonds is 6. The summed E-state index contributed by atoms with van der Waals surface area (Å²) < 4.78 is 6.22. The molecule has 1 heterocycles. The summed E-state index contributed by atoms with van der Waals surface area (Å²) in [4.78, 5) is 13.1. The van der Waals surface area contributed by atoms with Crippen LogP contribution in [0, 0.1) is 0 Å². The first kappa shape index (κ1) is 16.3. The van der Waals surface area contributed by atoms with Crippen molar-refractivity contribution in [1.82, 2.24) is 0 Å². The number of allylic oxidation sites excluding steroid dienone is 1. The second-order valence-electron chi connectivity index (χ2n) is 6.03. The van der Waals surface area contributed by atoms with Gasteiger partial charge < -0.3 is 4.42 Å². The second kappa shape index (κ2) is 7.31. The standard InChI is InChI=1S/C22H22O2/c1-3-9-17-13-8-14-18-21(23)19(15-16-11-6-5-7-12-16)20(10-4-2)24-22(17)18/h3,5-8,11-14H,1,4,9-10,15H2,2H3. The Labute approximate surface area is 142 Å². The summed E-state index contributed by atoms with van der Waals surface area (Å²) in [5, 5.41) is 0.667. The van der Waals surface area contributed by atoms with Crippen LogP contribution in [-0.2, 0) is 19.3 Å². The highest BCUT2D eigenvalue weighted by Gasteiger charge is 2.16. The minimum atomic E-state index is 0.0921. The molecule has 2 aromatic carbocycles. The molecule has 0 aliphatic heterocycles. The van der Waals surface area contributed by atoms with E-state index in [0.717, 1.165) is 35.3 Å². The topological polar surface area (TPSA) is 30.2 Å². The molecule has 0 fully saturated rings. The molecule has 1 aromatic heterocycles. The van der Waals surface area contributed by atoms with Crippen LogP contribution in [0.3, 0.4) is 0 Å². The van der Waals surface area contributed by atoms with Gasteiger partial charge in [-0.2, -0.15) is 0 Å². The third-order valence-corrected chi connectivity index (χ3v) is 4.24. The smallest absolute Gasteiger partial charge is 0.196 e. The molecule has 2 nitrogen and oxygen atoms in total. The van der Waals surface area contributed by atoms with Crippen LogP contribution >= 0.6 is 0 Å². The van der Waals surface area contributed by atoms with E-state index in [-0.39, 0.29) is 5.43 Å². The van der Waals surface area contributed by atoms with E-state index in [1.165, 1.54) is 0 Å². The Hall–Kier alpha value is -2.61. The molecule has 122 valence electrons. The molecule has 0 saturated heterocycles. The molecule has 3 aromatic rings. The van der Waals surface area contributed by atoms with E-state index in [2.05, 4.69) is 13.5 Å². The maximum Gasteiger partial charge on any atom is 0.196 e. The van der Waals surface area contributed by atoms with Crippen molar-refractivity contribution in [3.05, 3.63) is 93.9 Å². The Morgan fingerprint density at radius 2 is 1.88 bits per heavy atom. The SMILES string of the molecule is C=CCc1cccc2c(=O)c(Cc3ccccc3)c(CCC)oc12. The Kier molecular flexibility index (Phi) is 4.95. The maximum atomic E-state index is 13.1. The molecule has 0 bridgehead atoms. The number of para-hydroxylation sites is 1. The van der Waals surface area contributed by atoms with Crippen LogP contribution in [0.25, 0.3) is 11.0 Å². The molecule has 2 heteroatoms. The van der Waals surface area contributed by atoms with Crippen LogP contribution in [0.2, 0.25) is 0 Å². The average molecular weight is 318 g/mol. The van der Waals surface area contributed by atoms with Gasteiger partial charge >= 0.3 is 0 Å². The lowest BCUT2D eigenvalue weighted by Crippen LogP contribution is -2.14. The van der Waals surface area contributed by atoms with Crippen LogP contribution in [0.5, 0.6) is 0 Å². The van der Waals surface area contributed by atoms with Gasteiger partial charge in [0.2, 0.25) is 0 Å². The fourth-order valence-corrected chi connectivity index (χ4v) is 3.08. The van der Waals surface area contributed by atoms with Gasteiger partial charge in [-0.25, -0.2) is 0 Å². The Balaban J connectivity index is 2.20. The molecule has 0 saturated carbocycles. The molecule has 0 radical (unpaired) electrons. The fraction of sp³-hybridized carbons (Fsp3) is 0.227. The van der Waals surface area contributed by atoms with Gasteiger partial charge in [0, 0.05) is 18.4 Å². The van der Waals surface area contributed by atoms with Crippen molar-refractivity contribution in [3.63, 3.8) is 0 Å². The molecule has 0 atom stereocenters. The third kappa shape index (κ3) is 3.18. The highest BCUT2D eigenvalue weighted by Crippen LogP contribution is 2.23. The molecule has 0 aliphatic carbocycles. The predicted molar refractivity (Wildman–Crippen MR) is 99.6 cm³/mol. The molecular formula is C22H22O2. The van der Waals surface area contributed by atoms with Gasteiger partial charge in [-0.1, -0.05) is 55.5 Å². The summed E-state index contributed by atoms with van der Waals surface area (Å²) in [5.41, 5.74) is 3.73. The van der Waals surface area contributed by atoms with E-state index in [0.29, 0.717) is 23.8 Å². The minimum Gasteiger partial charge on any atom is -0.460 e. The highest BCUT2D eigenvalue weighted by atomic mass is 16.3. The Morgan fingerprint density at radius 3 is 2.58 bits per heavy atom. The van der Waals surface area contributed by atoms with Crippen molar-refractivity contribution in [3.8, 4) is 0 Å². The highest BCUT2D eigenvalue weighted by molar-refractivity contribution is 5.80. The number of aryl methyl sites for hydroxylation is 1. The zero-order valence-electron chi connectivity index (χ0n) is 14.0. The molecule has 3 rings (SSSR count). The molecular weight excluding hydrogens is 296 g/mol. The quantitative estimate of drug-likeness (QED) is 0.594. The molecule has 0 unspecified atom stereocenters. The van der Waals surface area contributed by atoms with Gasteiger partial charge in [-0.15, -0.1) is 6.58 Å². The van der Waals surface area contributed by atoms with Gasteiger partial charge in [0.1, 0.15) is 11.3 Å². The summed E-state index contributed by atoms with van der Waals surface area (Å²) in [5.74, 6) is 0.815. The monoisotopic (exact) mass is 318 g/mol. The molecule has 0 aliphatic rings. The van der Waals surface area contributed by atoms with Crippen molar-refractivity contribution in [2.45, 2.75) is 32.6 Å². The normalized spacial score (nSPS) is 10.9. The summed E-state index contributed by atoms with van der Waals surface area (Å²) in [6.45, 7) is 5.90. The van der Waals surface area contributed by atoms with Crippen LogP contribution in [-0.4, -0.2) is 0 Å². The summed E-state index contributed by atoms with van der Waals surface area (Å²) in [6, 6.07) is 15.9. The van der Waals surface area contributed by atoms with Crippen molar-refractivity contribution < 1.29 is 4.42 Å². The lowest BCUT2D eigenvalue weighted by molar-refractivity contribution is 0.520. The summed E-state index contributed by atoms with van der Waals surface area (Å²) in [7, 11) is 0. The van der Waals surface area contributed by atoms with E-state index < -0.39 is 0 Å². The summed E-state index contributed by atoms with van der Waals surface area (Å²) >= 11 is 0. The van der Waals surface area contributed by atoms with E-state index in [4.69, 9.17) is 4.42 Å². The molecule has 0 N–H and O–H groups in total. The number of fused-ring (bicyclic) bond motifs is 1. The van der Waals surface area contributed by atoms with Crippen LogP contribution in [0.15, 0.2) is 70.4 Å².